The summed E-state index contributed by atoms with van der Waals surface area (Å²) < 4.78 is 53.5. The van der Waals surface area contributed by atoms with Crippen molar-refractivity contribution in [3.63, 3.8) is 0 Å². The second kappa shape index (κ2) is 8.63. The number of hydrogen-bond donors (Lipinski definition) is 2. The summed E-state index contributed by atoms with van der Waals surface area (Å²) >= 11 is 0. The van der Waals surface area contributed by atoms with E-state index in [-0.39, 0.29) is 24.2 Å². The lowest BCUT2D eigenvalue weighted by atomic mass is 9.79. The van der Waals surface area contributed by atoms with Crippen LogP contribution in [0.5, 0.6) is 0 Å². The van der Waals surface area contributed by atoms with Crippen LogP contribution in [-0.2, 0) is 9.59 Å². The smallest absolute Gasteiger partial charge is 0.225 e. The van der Waals surface area contributed by atoms with E-state index in [4.69, 9.17) is 0 Å². The number of anilines is 2. The number of nitrogens with one attached hydrogen (secondary N) is 2. The van der Waals surface area contributed by atoms with E-state index in [2.05, 4.69) is 10.6 Å². The highest BCUT2D eigenvalue weighted by molar-refractivity contribution is 5.94. The zero-order valence-corrected chi connectivity index (χ0v) is 15.5. The molecule has 1 aliphatic carbocycles. The second-order valence-electron chi connectivity index (χ2n) is 7.41. The third-order valence-corrected chi connectivity index (χ3v) is 5.15. The Labute approximate surface area is 165 Å². The zero-order valence-electron chi connectivity index (χ0n) is 15.5. The van der Waals surface area contributed by atoms with Gasteiger partial charge < -0.3 is 10.6 Å². The molecule has 0 aromatic heterocycles. The quantitative estimate of drug-likeness (QED) is 0.649. The predicted octanol–water partition coefficient (Wildman–Crippen LogP) is 5.16. The Bertz CT molecular complexity index is 857. The van der Waals surface area contributed by atoms with Gasteiger partial charge in [-0.1, -0.05) is 12.8 Å². The van der Waals surface area contributed by atoms with Gasteiger partial charge in [-0.15, -0.1) is 0 Å². The number of carbonyl (C=O) groups excluding carboxylic acids is 2. The van der Waals surface area contributed by atoms with Gasteiger partial charge in [-0.2, -0.15) is 0 Å². The molecule has 2 amide bonds. The number of rotatable bonds is 6. The molecule has 0 unspecified atom stereocenters. The van der Waals surface area contributed by atoms with E-state index in [0.29, 0.717) is 25.0 Å². The first-order valence-corrected chi connectivity index (χ1v) is 9.26. The number of benzene rings is 2. The van der Waals surface area contributed by atoms with Gasteiger partial charge in [0, 0.05) is 25.0 Å². The molecule has 2 aromatic carbocycles. The molecule has 29 heavy (non-hydrogen) atoms. The lowest BCUT2D eigenvalue weighted by Gasteiger charge is -2.27. The van der Waals surface area contributed by atoms with Crippen molar-refractivity contribution in [1.82, 2.24) is 0 Å². The SMILES string of the molecule is O=C(CC1(CC(=O)Nc2ccc(F)cc2F)CCCC1)Nc1ccc(F)cc1F. The largest absolute Gasteiger partial charge is 0.324 e. The standard InChI is InChI=1S/C21H20F4N2O2/c22-13-3-5-17(15(24)9-13)26-19(28)11-21(7-1-2-8-21)12-20(29)27-18-6-4-14(23)10-16(18)25/h3-6,9-10H,1-2,7-8,11-12H2,(H,26,28)(H,27,29). The number of halogens is 4. The highest BCUT2D eigenvalue weighted by atomic mass is 19.1. The van der Waals surface area contributed by atoms with E-state index < -0.39 is 40.5 Å². The van der Waals surface area contributed by atoms with Crippen LogP contribution in [0.3, 0.4) is 0 Å². The average Bonchev–Trinajstić information content (AvgIpc) is 3.07. The first-order valence-electron chi connectivity index (χ1n) is 9.26. The Hall–Kier alpha value is -2.90. The summed E-state index contributed by atoms with van der Waals surface area (Å²) in [5, 5.41) is 4.83. The van der Waals surface area contributed by atoms with Gasteiger partial charge in [-0.05, 0) is 42.5 Å². The molecule has 0 saturated heterocycles. The number of carbonyl (C=O) groups is 2. The summed E-state index contributed by atoms with van der Waals surface area (Å²) in [7, 11) is 0. The van der Waals surface area contributed by atoms with Crippen molar-refractivity contribution in [2.24, 2.45) is 5.41 Å². The molecule has 0 atom stereocenters. The first kappa shape index (κ1) is 20.8. The minimum Gasteiger partial charge on any atom is -0.324 e. The van der Waals surface area contributed by atoms with E-state index in [1.165, 1.54) is 0 Å². The molecule has 1 aliphatic rings. The van der Waals surface area contributed by atoms with Crippen LogP contribution in [0.15, 0.2) is 36.4 Å². The van der Waals surface area contributed by atoms with Crippen molar-refractivity contribution in [3.8, 4) is 0 Å². The Morgan fingerprint density at radius 1 is 0.759 bits per heavy atom. The molecule has 4 nitrogen and oxygen atoms in total. The molecular formula is C21H20F4N2O2. The maximum absolute atomic E-state index is 13.8. The van der Waals surface area contributed by atoms with Gasteiger partial charge in [0.2, 0.25) is 11.8 Å². The zero-order chi connectivity index (χ0) is 21.0. The van der Waals surface area contributed by atoms with Crippen molar-refractivity contribution >= 4 is 23.2 Å². The van der Waals surface area contributed by atoms with E-state index in [0.717, 1.165) is 37.1 Å². The lowest BCUT2D eigenvalue weighted by Crippen LogP contribution is -2.30. The molecule has 1 fully saturated rings. The third-order valence-electron chi connectivity index (χ3n) is 5.15. The van der Waals surface area contributed by atoms with Crippen LogP contribution in [-0.4, -0.2) is 11.8 Å². The van der Waals surface area contributed by atoms with Crippen molar-refractivity contribution in [3.05, 3.63) is 59.7 Å². The highest BCUT2D eigenvalue weighted by Crippen LogP contribution is 2.44. The van der Waals surface area contributed by atoms with Crippen LogP contribution in [0.25, 0.3) is 0 Å². The van der Waals surface area contributed by atoms with E-state index in [9.17, 15) is 27.2 Å². The summed E-state index contributed by atoms with van der Waals surface area (Å²) in [5.74, 6) is -4.25. The molecule has 2 N–H and O–H groups in total. The van der Waals surface area contributed by atoms with Crippen LogP contribution < -0.4 is 10.6 Å². The predicted molar refractivity (Wildman–Crippen MR) is 100 cm³/mol. The molecule has 3 rings (SSSR count). The van der Waals surface area contributed by atoms with Gasteiger partial charge in [0.25, 0.3) is 0 Å². The lowest BCUT2D eigenvalue weighted by molar-refractivity contribution is -0.121. The van der Waals surface area contributed by atoms with Gasteiger partial charge >= 0.3 is 0 Å². The Morgan fingerprint density at radius 3 is 1.55 bits per heavy atom. The van der Waals surface area contributed by atoms with Crippen LogP contribution in [0.1, 0.15) is 38.5 Å². The fraction of sp³-hybridized carbons (Fsp3) is 0.333. The molecule has 0 radical (unpaired) electrons. The van der Waals surface area contributed by atoms with Gasteiger partial charge in [0.15, 0.2) is 0 Å². The fourth-order valence-corrected chi connectivity index (χ4v) is 3.79. The van der Waals surface area contributed by atoms with E-state index in [1.54, 1.807) is 0 Å². The molecule has 0 aliphatic heterocycles. The fourth-order valence-electron chi connectivity index (χ4n) is 3.79. The summed E-state index contributed by atoms with van der Waals surface area (Å²) in [6, 6.07) is 5.68. The van der Waals surface area contributed by atoms with Gasteiger partial charge in [0.1, 0.15) is 23.3 Å². The van der Waals surface area contributed by atoms with Gasteiger partial charge in [0.05, 0.1) is 11.4 Å². The molecule has 154 valence electrons. The maximum Gasteiger partial charge on any atom is 0.225 e. The van der Waals surface area contributed by atoms with Crippen molar-refractivity contribution in [2.45, 2.75) is 38.5 Å². The van der Waals surface area contributed by atoms with Crippen molar-refractivity contribution in [2.75, 3.05) is 10.6 Å². The monoisotopic (exact) mass is 408 g/mol. The molecule has 1 saturated carbocycles. The van der Waals surface area contributed by atoms with Crippen LogP contribution in [0.2, 0.25) is 0 Å². The van der Waals surface area contributed by atoms with Crippen LogP contribution in [0.4, 0.5) is 28.9 Å². The number of hydrogen-bond acceptors (Lipinski definition) is 2. The van der Waals surface area contributed by atoms with Gasteiger partial charge in [-0.25, -0.2) is 17.6 Å². The van der Waals surface area contributed by atoms with Gasteiger partial charge in [-0.3, -0.25) is 9.59 Å². The topological polar surface area (TPSA) is 58.2 Å². The Balaban J connectivity index is 1.65. The van der Waals surface area contributed by atoms with Crippen LogP contribution >= 0.6 is 0 Å². The molecule has 0 heterocycles. The minimum absolute atomic E-state index is 0.0247. The minimum atomic E-state index is -0.886. The highest BCUT2D eigenvalue weighted by Gasteiger charge is 2.38. The molecule has 0 spiro atoms. The first-order chi connectivity index (χ1) is 13.8. The summed E-state index contributed by atoms with van der Waals surface area (Å²) in [6.07, 6.45) is 2.84. The number of amides is 2. The molecule has 8 heteroatoms. The summed E-state index contributed by atoms with van der Waals surface area (Å²) in [5.41, 5.74) is -0.911. The molecule has 2 aromatic rings. The molecular weight excluding hydrogens is 388 g/mol. The van der Waals surface area contributed by atoms with Crippen LogP contribution in [0, 0.1) is 28.7 Å². The average molecular weight is 408 g/mol. The normalized spacial score (nSPS) is 15.2. The van der Waals surface area contributed by atoms with E-state index in [1.807, 2.05) is 0 Å². The van der Waals surface area contributed by atoms with Crippen molar-refractivity contribution < 1.29 is 27.2 Å². The summed E-state index contributed by atoms with van der Waals surface area (Å²) in [4.78, 5) is 24.9. The molecule has 0 bridgehead atoms. The second-order valence-corrected chi connectivity index (χ2v) is 7.41. The van der Waals surface area contributed by atoms with E-state index >= 15 is 0 Å². The third kappa shape index (κ3) is 5.34. The maximum atomic E-state index is 13.8. The Kier molecular flexibility index (Phi) is 6.20. The van der Waals surface area contributed by atoms with Crippen molar-refractivity contribution in [1.29, 1.82) is 0 Å². The summed E-state index contributed by atoms with van der Waals surface area (Å²) in [6.45, 7) is 0. The Morgan fingerprint density at radius 2 is 1.17 bits per heavy atom.